The van der Waals surface area contributed by atoms with Crippen LogP contribution in [0.2, 0.25) is 0 Å². The van der Waals surface area contributed by atoms with Crippen molar-refractivity contribution in [3.63, 3.8) is 0 Å². The van der Waals surface area contributed by atoms with Crippen LogP contribution in [0, 0.1) is 11.8 Å². The first-order valence-electron chi connectivity index (χ1n) is 13.8. The van der Waals surface area contributed by atoms with E-state index in [0.717, 1.165) is 61.4 Å². The molecule has 1 amide bonds. The smallest absolute Gasteiger partial charge is 0.246 e. The Hall–Kier alpha value is -2.38. The minimum atomic E-state index is -0.956. The molecule has 5 atom stereocenters. The predicted octanol–water partition coefficient (Wildman–Crippen LogP) is 2.71. The number of aliphatic hydroxyl groups is 1. The van der Waals surface area contributed by atoms with Crippen LogP contribution < -0.4 is 4.74 Å². The van der Waals surface area contributed by atoms with E-state index < -0.39 is 17.1 Å². The number of likely N-dealkylation sites (tertiary alicyclic amines) is 2. The first-order valence-corrected chi connectivity index (χ1v) is 13.8. The molecular formula is C29H36N2O5. The van der Waals surface area contributed by atoms with Gasteiger partial charge in [-0.3, -0.25) is 14.5 Å². The van der Waals surface area contributed by atoms with Crippen LogP contribution in [-0.2, 0) is 21.4 Å². The number of ether oxygens (including phenoxy) is 1. The molecule has 2 saturated carbocycles. The fourth-order valence-electron chi connectivity index (χ4n) is 8.24. The highest BCUT2D eigenvalue weighted by Crippen LogP contribution is 2.66. The molecule has 6 aliphatic rings. The second-order valence-electron chi connectivity index (χ2n) is 12.2. The number of aromatic hydroxyl groups is 1. The summed E-state index contributed by atoms with van der Waals surface area (Å²) in [5, 5.41) is 23.3. The number of hydrogen-bond acceptors (Lipinski definition) is 6. The summed E-state index contributed by atoms with van der Waals surface area (Å²) in [6.45, 7) is 4.69. The zero-order chi connectivity index (χ0) is 24.8. The lowest BCUT2D eigenvalue weighted by Gasteiger charge is -2.63. The van der Waals surface area contributed by atoms with E-state index in [0.29, 0.717) is 31.7 Å². The van der Waals surface area contributed by atoms with Crippen molar-refractivity contribution in [1.29, 1.82) is 0 Å². The van der Waals surface area contributed by atoms with Crippen molar-refractivity contribution in [1.82, 2.24) is 9.80 Å². The average Bonchev–Trinajstić information content (AvgIpc) is 3.61. The number of benzene rings is 1. The maximum atomic E-state index is 13.4. The number of phenolic OH excluding ortho intramolecular Hbond substituents is 1. The Kier molecular flexibility index (Phi) is 4.94. The molecule has 7 nitrogen and oxygen atoms in total. The minimum absolute atomic E-state index is 0.0246. The van der Waals surface area contributed by atoms with Gasteiger partial charge in [-0.15, -0.1) is 0 Å². The number of Topliss-reactive ketones (excluding diaryl/α,β-unsaturated/α-hetero) is 1. The fourth-order valence-corrected chi connectivity index (χ4v) is 8.24. The number of carbonyl (C=O) groups is 2. The SMILES string of the molecule is CC(=O)C1CCCN(C(=O)/C=C2\CC[C@@]3(O)[C@H]4Cc5ccc(O)c6c5[C@@]3(CCN4CC3CC3)[C@H]2O6)C1. The highest BCUT2D eigenvalue weighted by atomic mass is 16.5. The molecule has 3 heterocycles. The van der Waals surface area contributed by atoms with Gasteiger partial charge in [-0.2, -0.15) is 0 Å². The van der Waals surface area contributed by atoms with E-state index in [9.17, 15) is 19.8 Å². The summed E-state index contributed by atoms with van der Waals surface area (Å²) in [7, 11) is 0. The lowest BCUT2D eigenvalue weighted by Crippen LogP contribution is -2.75. The van der Waals surface area contributed by atoms with Crippen molar-refractivity contribution < 1.29 is 24.5 Å². The van der Waals surface area contributed by atoms with Gasteiger partial charge in [0.15, 0.2) is 11.5 Å². The van der Waals surface area contributed by atoms with Gasteiger partial charge in [-0.1, -0.05) is 6.07 Å². The summed E-state index contributed by atoms with van der Waals surface area (Å²) in [5.41, 5.74) is 1.45. The Morgan fingerprint density at radius 3 is 2.81 bits per heavy atom. The quantitative estimate of drug-likeness (QED) is 0.629. The molecule has 7 rings (SSSR count). The molecule has 1 aromatic rings. The molecule has 0 aromatic heterocycles. The molecule has 1 aromatic carbocycles. The van der Waals surface area contributed by atoms with Crippen LogP contribution in [0.4, 0.5) is 0 Å². The number of rotatable bonds is 4. The molecule has 4 fully saturated rings. The summed E-state index contributed by atoms with van der Waals surface area (Å²) < 4.78 is 6.54. The highest BCUT2D eigenvalue weighted by Gasteiger charge is 2.72. The molecule has 3 aliphatic carbocycles. The number of hydrogen-bond donors (Lipinski definition) is 2. The molecule has 0 radical (unpaired) electrons. The minimum Gasteiger partial charge on any atom is -0.504 e. The van der Waals surface area contributed by atoms with Crippen LogP contribution in [0.1, 0.15) is 63.0 Å². The number of piperidine rings is 2. The first-order chi connectivity index (χ1) is 17.3. The number of phenols is 1. The van der Waals surface area contributed by atoms with Crippen molar-refractivity contribution in [2.45, 2.75) is 81.5 Å². The number of ketones is 1. The normalized spacial score (nSPS) is 38.0. The van der Waals surface area contributed by atoms with Crippen LogP contribution in [0.5, 0.6) is 11.5 Å². The third-order valence-electron chi connectivity index (χ3n) is 10.3. The topological polar surface area (TPSA) is 90.3 Å². The van der Waals surface area contributed by atoms with Gasteiger partial charge < -0.3 is 19.8 Å². The van der Waals surface area contributed by atoms with Crippen LogP contribution in [0.15, 0.2) is 23.8 Å². The van der Waals surface area contributed by atoms with Crippen molar-refractivity contribution in [3.05, 3.63) is 34.9 Å². The van der Waals surface area contributed by atoms with Crippen molar-refractivity contribution in [2.75, 3.05) is 26.2 Å². The fraction of sp³-hybridized carbons (Fsp3) is 0.655. The molecule has 1 unspecified atom stereocenters. The average molecular weight is 493 g/mol. The summed E-state index contributed by atoms with van der Waals surface area (Å²) in [5.74, 6) is 1.35. The molecular weight excluding hydrogens is 456 g/mol. The van der Waals surface area contributed by atoms with E-state index in [4.69, 9.17) is 4.74 Å². The molecule has 1 spiro atoms. The Morgan fingerprint density at radius 2 is 2.03 bits per heavy atom. The number of nitrogens with zero attached hydrogens (tertiary/aromatic N) is 2. The maximum absolute atomic E-state index is 13.4. The van der Waals surface area contributed by atoms with Crippen molar-refractivity contribution in [2.24, 2.45) is 11.8 Å². The van der Waals surface area contributed by atoms with Gasteiger partial charge in [-0.05, 0) is 88.0 Å². The van der Waals surface area contributed by atoms with Crippen molar-refractivity contribution >= 4 is 11.7 Å². The third kappa shape index (κ3) is 3.05. The maximum Gasteiger partial charge on any atom is 0.246 e. The summed E-state index contributed by atoms with van der Waals surface area (Å²) in [6.07, 6.45) is 8.21. The van der Waals surface area contributed by atoms with E-state index in [2.05, 4.69) is 4.90 Å². The Bertz CT molecular complexity index is 1170. The van der Waals surface area contributed by atoms with E-state index in [1.54, 1.807) is 24.0 Å². The molecule has 2 bridgehead atoms. The zero-order valence-electron chi connectivity index (χ0n) is 21.0. The zero-order valence-corrected chi connectivity index (χ0v) is 21.0. The molecule has 2 saturated heterocycles. The lowest BCUT2D eigenvalue weighted by atomic mass is 9.48. The predicted molar refractivity (Wildman–Crippen MR) is 133 cm³/mol. The van der Waals surface area contributed by atoms with Gasteiger partial charge in [0.05, 0.1) is 11.0 Å². The van der Waals surface area contributed by atoms with E-state index in [-0.39, 0.29) is 29.4 Å². The molecule has 36 heavy (non-hydrogen) atoms. The van der Waals surface area contributed by atoms with E-state index in [1.807, 2.05) is 6.07 Å². The Morgan fingerprint density at radius 1 is 1.19 bits per heavy atom. The monoisotopic (exact) mass is 492 g/mol. The van der Waals surface area contributed by atoms with Gasteiger partial charge in [0.25, 0.3) is 0 Å². The number of amides is 1. The van der Waals surface area contributed by atoms with Gasteiger partial charge in [-0.25, -0.2) is 0 Å². The largest absolute Gasteiger partial charge is 0.504 e. The molecule has 2 N–H and O–H groups in total. The lowest BCUT2D eigenvalue weighted by molar-refractivity contribution is -0.174. The Labute approximate surface area is 212 Å². The second kappa shape index (κ2) is 7.81. The summed E-state index contributed by atoms with van der Waals surface area (Å²) in [4.78, 5) is 29.7. The van der Waals surface area contributed by atoms with Crippen LogP contribution >= 0.6 is 0 Å². The van der Waals surface area contributed by atoms with Gasteiger partial charge in [0, 0.05) is 43.2 Å². The summed E-state index contributed by atoms with van der Waals surface area (Å²) in [6, 6.07) is 3.75. The second-order valence-corrected chi connectivity index (χ2v) is 12.2. The molecule has 192 valence electrons. The van der Waals surface area contributed by atoms with Crippen LogP contribution in [-0.4, -0.2) is 75.6 Å². The first kappa shape index (κ1) is 22.8. The van der Waals surface area contributed by atoms with E-state index in [1.165, 1.54) is 12.8 Å². The highest BCUT2D eigenvalue weighted by molar-refractivity contribution is 5.89. The third-order valence-corrected chi connectivity index (χ3v) is 10.3. The summed E-state index contributed by atoms with van der Waals surface area (Å²) >= 11 is 0. The number of carbonyl (C=O) groups excluding carboxylic acids is 2. The molecule has 3 aliphatic heterocycles. The molecule has 7 heteroatoms. The van der Waals surface area contributed by atoms with Gasteiger partial charge in [0.1, 0.15) is 11.9 Å². The van der Waals surface area contributed by atoms with Crippen molar-refractivity contribution in [3.8, 4) is 11.5 Å². The van der Waals surface area contributed by atoms with Crippen LogP contribution in [0.25, 0.3) is 0 Å². The van der Waals surface area contributed by atoms with Gasteiger partial charge >= 0.3 is 0 Å². The standard InChI is InChI=1S/C29H36N2O5/c1-17(32)21-3-2-11-31(16-21)24(34)14-20-8-9-29(35)23-13-19-6-7-22(33)26-25(19)28(29,27(20)36-26)10-12-30(23)15-18-4-5-18/h6-7,14,18,21,23,27,33,35H,2-5,8-13,15-16H2,1H3/b20-14+/t21?,23-,27+,28+,29-/m1/s1. The van der Waals surface area contributed by atoms with E-state index >= 15 is 0 Å². The van der Waals surface area contributed by atoms with Crippen LogP contribution in [0.3, 0.4) is 0 Å². The van der Waals surface area contributed by atoms with Gasteiger partial charge in [0.2, 0.25) is 5.91 Å². The Balaban J connectivity index is 1.27.